The van der Waals surface area contributed by atoms with Crippen molar-refractivity contribution in [2.24, 2.45) is 5.92 Å². The van der Waals surface area contributed by atoms with E-state index in [2.05, 4.69) is 54.5 Å². The van der Waals surface area contributed by atoms with Crippen LogP contribution in [0.15, 0.2) is 42.7 Å². The Morgan fingerprint density at radius 2 is 1.77 bits per heavy atom. The number of pyridine rings is 1. The Kier molecular flexibility index (Phi) is 7.25. The Morgan fingerprint density at radius 3 is 2.54 bits per heavy atom. The monoisotopic (exact) mass is 350 g/mol. The first-order chi connectivity index (χ1) is 12.8. The quantitative estimate of drug-likeness (QED) is 0.681. The summed E-state index contributed by atoms with van der Waals surface area (Å²) in [6.07, 6.45) is 14.0. The summed E-state index contributed by atoms with van der Waals surface area (Å²) in [7, 11) is 0. The molecule has 140 valence electrons. The van der Waals surface area contributed by atoms with Gasteiger partial charge in [0.15, 0.2) is 0 Å². The van der Waals surface area contributed by atoms with E-state index in [1.165, 1.54) is 56.1 Å². The van der Waals surface area contributed by atoms with E-state index in [-0.39, 0.29) is 0 Å². The van der Waals surface area contributed by atoms with Gasteiger partial charge in [0.25, 0.3) is 0 Å². The molecular weight excluding hydrogens is 316 g/mol. The van der Waals surface area contributed by atoms with Crippen LogP contribution in [0.5, 0.6) is 0 Å². The smallest absolute Gasteiger partial charge is 0.0271 e. The maximum absolute atomic E-state index is 4.12. The molecule has 2 unspecified atom stereocenters. The zero-order valence-corrected chi connectivity index (χ0v) is 16.5. The third-order valence-electron chi connectivity index (χ3n) is 5.90. The van der Waals surface area contributed by atoms with Gasteiger partial charge in [0.1, 0.15) is 0 Å². The molecule has 1 aromatic heterocycles. The molecule has 1 aromatic carbocycles. The molecule has 2 atom stereocenters. The highest BCUT2D eigenvalue weighted by atomic mass is 14.9. The van der Waals surface area contributed by atoms with Crippen LogP contribution in [0.3, 0.4) is 0 Å². The number of benzene rings is 1. The summed E-state index contributed by atoms with van der Waals surface area (Å²) < 4.78 is 0. The van der Waals surface area contributed by atoms with Crippen LogP contribution in [-0.2, 0) is 25.8 Å². The fraction of sp³-hybridized carbons (Fsp3) is 0.542. The molecule has 1 heterocycles. The lowest BCUT2D eigenvalue weighted by Crippen LogP contribution is -2.39. The zero-order valence-electron chi connectivity index (χ0n) is 16.5. The average molecular weight is 351 g/mol. The van der Waals surface area contributed by atoms with E-state index in [1.54, 1.807) is 11.1 Å². The number of rotatable bonds is 8. The summed E-state index contributed by atoms with van der Waals surface area (Å²) in [6, 6.07) is 12.1. The number of aryl methyl sites for hydroxylation is 2. The van der Waals surface area contributed by atoms with Crippen molar-refractivity contribution in [2.75, 3.05) is 0 Å². The van der Waals surface area contributed by atoms with E-state index in [9.17, 15) is 0 Å². The Labute approximate surface area is 159 Å². The number of nitrogens with one attached hydrogen (secondary N) is 1. The van der Waals surface area contributed by atoms with E-state index in [4.69, 9.17) is 0 Å². The zero-order chi connectivity index (χ0) is 18.2. The lowest BCUT2D eigenvalue weighted by atomic mass is 9.80. The molecular formula is C24H34N2. The van der Waals surface area contributed by atoms with Gasteiger partial charge in [-0.05, 0) is 72.4 Å². The summed E-state index contributed by atoms with van der Waals surface area (Å²) in [4.78, 5) is 4.12. The maximum Gasteiger partial charge on any atom is 0.0271 e. The van der Waals surface area contributed by atoms with Gasteiger partial charge in [0.2, 0.25) is 0 Å². The summed E-state index contributed by atoms with van der Waals surface area (Å²) >= 11 is 0. The van der Waals surface area contributed by atoms with Crippen molar-refractivity contribution in [2.45, 2.75) is 77.8 Å². The van der Waals surface area contributed by atoms with Gasteiger partial charge >= 0.3 is 0 Å². The van der Waals surface area contributed by atoms with Crippen LogP contribution in [-0.4, -0.2) is 11.0 Å². The van der Waals surface area contributed by atoms with E-state index in [1.807, 2.05) is 12.4 Å². The average Bonchev–Trinajstić information content (AvgIpc) is 2.69. The Morgan fingerprint density at radius 1 is 0.962 bits per heavy atom. The first-order valence-corrected chi connectivity index (χ1v) is 10.5. The van der Waals surface area contributed by atoms with Gasteiger partial charge in [0, 0.05) is 25.0 Å². The van der Waals surface area contributed by atoms with E-state index >= 15 is 0 Å². The minimum Gasteiger partial charge on any atom is -0.310 e. The van der Waals surface area contributed by atoms with Gasteiger partial charge in [0.05, 0.1) is 0 Å². The van der Waals surface area contributed by atoms with E-state index in [0.717, 1.165) is 18.9 Å². The minimum atomic E-state index is 0.636. The van der Waals surface area contributed by atoms with Gasteiger partial charge in [-0.1, -0.05) is 51.3 Å². The van der Waals surface area contributed by atoms with E-state index < -0.39 is 0 Å². The topological polar surface area (TPSA) is 24.9 Å². The molecule has 0 aliphatic heterocycles. The molecule has 0 bridgehead atoms. The summed E-state index contributed by atoms with van der Waals surface area (Å²) in [5.74, 6) is 0.757. The summed E-state index contributed by atoms with van der Waals surface area (Å²) in [5, 5.41) is 3.84. The van der Waals surface area contributed by atoms with Crippen LogP contribution in [0, 0.1) is 5.92 Å². The van der Waals surface area contributed by atoms with E-state index in [0.29, 0.717) is 6.04 Å². The summed E-state index contributed by atoms with van der Waals surface area (Å²) in [5.41, 5.74) is 5.97. The van der Waals surface area contributed by atoms with Crippen molar-refractivity contribution in [3.05, 3.63) is 65.0 Å². The highest BCUT2D eigenvalue weighted by Gasteiger charge is 2.25. The van der Waals surface area contributed by atoms with Crippen LogP contribution in [0.25, 0.3) is 0 Å². The molecule has 0 spiro atoms. The lowest BCUT2D eigenvalue weighted by molar-refractivity contribution is 0.259. The SMILES string of the molecule is CCCc1ccc(CC2CCCCC2NCc2ccncc2)cc1CC. The highest BCUT2D eigenvalue weighted by molar-refractivity contribution is 5.32. The molecule has 0 amide bonds. The van der Waals surface area contributed by atoms with Crippen LogP contribution < -0.4 is 5.32 Å². The normalized spacial score (nSPS) is 20.2. The first kappa shape index (κ1) is 19.1. The van der Waals surface area contributed by atoms with Gasteiger partial charge in [-0.3, -0.25) is 4.98 Å². The fourth-order valence-electron chi connectivity index (χ4n) is 4.42. The fourth-order valence-corrected chi connectivity index (χ4v) is 4.42. The van der Waals surface area contributed by atoms with Gasteiger partial charge in [-0.25, -0.2) is 0 Å². The second-order valence-electron chi connectivity index (χ2n) is 7.80. The molecule has 3 rings (SSSR count). The van der Waals surface area contributed by atoms with Crippen molar-refractivity contribution in [1.29, 1.82) is 0 Å². The molecule has 2 aromatic rings. The van der Waals surface area contributed by atoms with Crippen molar-refractivity contribution in [3.8, 4) is 0 Å². The van der Waals surface area contributed by atoms with Gasteiger partial charge < -0.3 is 5.32 Å². The lowest BCUT2D eigenvalue weighted by Gasteiger charge is -2.33. The third-order valence-corrected chi connectivity index (χ3v) is 5.90. The number of hydrogen-bond donors (Lipinski definition) is 1. The number of aromatic nitrogens is 1. The van der Waals surface area contributed by atoms with Gasteiger partial charge in [-0.15, -0.1) is 0 Å². The molecule has 0 saturated heterocycles. The van der Waals surface area contributed by atoms with Crippen molar-refractivity contribution >= 4 is 0 Å². The van der Waals surface area contributed by atoms with Crippen LogP contribution >= 0.6 is 0 Å². The Balaban J connectivity index is 1.64. The Bertz CT molecular complexity index is 665. The molecule has 1 fully saturated rings. The predicted octanol–water partition coefficient (Wildman–Crippen LogP) is 5.49. The first-order valence-electron chi connectivity index (χ1n) is 10.5. The van der Waals surface area contributed by atoms with Crippen LogP contribution in [0.1, 0.15) is 68.2 Å². The van der Waals surface area contributed by atoms with Crippen molar-refractivity contribution < 1.29 is 0 Å². The largest absolute Gasteiger partial charge is 0.310 e. The molecule has 26 heavy (non-hydrogen) atoms. The minimum absolute atomic E-state index is 0.636. The third kappa shape index (κ3) is 5.17. The Hall–Kier alpha value is -1.67. The molecule has 1 aliphatic carbocycles. The second-order valence-corrected chi connectivity index (χ2v) is 7.80. The standard InChI is InChI=1S/C24H34N2/c1-3-7-22-11-10-20(16-21(22)4-2)17-23-8-5-6-9-24(23)26-18-19-12-14-25-15-13-19/h10-16,23-24,26H,3-9,17-18H2,1-2H3. The number of hydrogen-bond acceptors (Lipinski definition) is 2. The molecule has 1 saturated carbocycles. The molecule has 0 radical (unpaired) electrons. The maximum atomic E-state index is 4.12. The number of nitrogens with zero attached hydrogens (tertiary/aromatic N) is 1. The summed E-state index contributed by atoms with van der Waals surface area (Å²) in [6.45, 7) is 5.52. The highest BCUT2D eigenvalue weighted by Crippen LogP contribution is 2.29. The van der Waals surface area contributed by atoms with Crippen LogP contribution in [0.4, 0.5) is 0 Å². The molecule has 1 aliphatic rings. The van der Waals surface area contributed by atoms with Gasteiger partial charge in [-0.2, -0.15) is 0 Å². The molecule has 1 N–H and O–H groups in total. The van der Waals surface area contributed by atoms with Crippen molar-refractivity contribution in [3.63, 3.8) is 0 Å². The molecule has 2 heteroatoms. The van der Waals surface area contributed by atoms with Crippen LogP contribution in [0.2, 0.25) is 0 Å². The van der Waals surface area contributed by atoms with Crippen molar-refractivity contribution in [1.82, 2.24) is 10.3 Å². The second kappa shape index (κ2) is 9.87. The molecule has 2 nitrogen and oxygen atoms in total. The predicted molar refractivity (Wildman–Crippen MR) is 110 cm³/mol.